The molecule has 74 valence electrons. The third kappa shape index (κ3) is 1.41. The Balaban J connectivity index is 1.91. The van der Waals surface area contributed by atoms with Crippen molar-refractivity contribution in [3.63, 3.8) is 0 Å². The zero-order valence-electron chi connectivity index (χ0n) is 7.91. The largest absolute Gasteiger partial charge is 0.296 e. The summed E-state index contributed by atoms with van der Waals surface area (Å²) in [6.07, 6.45) is 5.28. The van der Waals surface area contributed by atoms with Gasteiger partial charge in [0.15, 0.2) is 0 Å². The molecule has 0 aromatic carbocycles. The van der Waals surface area contributed by atoms with Crippen molar-refractivity contribution in [2.75, 3.05) is 6.54 Å². The van der Waals surface area contributed by atoms with Gasteiger partial charge >= 0.3 is 0 Å². The normalized spacial score (nSPS) is 22.1. The quantitative estimate of drug-likeness (QED) is 0.659. The van der Waals surface area contributed by atoms with Crippen molar-refractivity contribution in [2.24, 2.45) is 0 Å². The van der Waals surface area contributed by atoms with E-state index in [4.69, 9.17) is 11.6 Å². The second-order valence-corrected chi connectivity index (χ2v) is 4.40. The molecular weight excluding hydrogens is 198 g/mol. The van der Waals surface area contributed by atoms with Crippen LogP contribution in [0.4, 0.5) is 0 Å². The van der Waals surface area contributed by atoms with Crippen LogP contribution >= 0.6 is 11.6 Å². The maximum Gasteiger partial charge on any atom is 0.137 e. The molecule has 1 aromatic heterocycles. The van der Waals surface area contributed by atoms with Crippen LogP contribution in [-0.4, -0.2) is 27.5 Å². The van der Waals surface area contributed by atoms with Crippen LogP contribution in [0.1, 0.15) is 24.1 Å². The third-order valence-electron chi connectivity index (χ3n) is 3.04. The zero-order chi connectivity index (χ0) is 9.54. The minimum Gasteiger partial charge on any atom is -0.296 e. The summed E-state index contributed by atoms with van der Waals surface area (Å²) < 4.78 is 0. The lowest BCUT2D eigenvalue weighted by atomic mass is 10.1. The van der Waals surface area contributed by atoms with Gasteiger partial charge in [-0.2, -0.15) is 0 Å². The minimum absolute atomic E-state index is 0.639. The van der Waals surface area contributed by atoms with Crippen LogP contribution in [0.3, 0.4) is 0 Å². The SMILES string of the molecule is Clc1ncnc2c1CN(C1CC1)CC2. The average molecular weight is 210 g/mol. The lowest BCUT2D eigenvalue weighted by Crippen LogP contribution is -2.33. The van der Waals surface area contributed by atoms with Crippen LogP contribution in [0, 0.1) is 0 Å². The summed E-state index contributed by atoms with van der Waals surface area (Å²) in [5.41, 5.74) is 2.29. The molecule has 1 aliphatic carbocycles. The summed E-state index contributed by atoms with van der Waals surface area (Å²) in [7, 11) is 0. The molecule has 0 N–H and O–H groups in total. The summed E-state index contributed by atoms with van der Waals surface area (Å²) in [6, 6.07) is 0.805. The molecule has 1 fully saturated rings. The second-order valence-electron chi connectivity index (χ2n) is 4.04. The van der Waals surface area contributed by atoms with Crippen molar-refractivity contribution in [1.82, 2.24) is 14.9 Å². The number of hydrogen-bond acceptors (Lipinski definition) is 3. The van der Waals surface area contributed by atoms with Crippen LogP contribution in [0.2, 0.25) is 5.15 Å². The molecule has 4 heteroatoms. The molecule has 0 radical (unpaired) electrons. The van der Waals surface area contributed by atoms with Crippen LogP contribution in [0.5, 0.6) is 0 Å². The Hall–Kier alpha value is -0.670. The molecule has 3 rings (SSSR count). The molecule has 3 nitrogen and oxygen atoms in total. The molecule has 0 saturated heterocycles. The Morgan fingerprint density at radius 1 is 1.36 bits per heavy atom. The fourth-order valence-corrected chi connectivity index (χ4v) is 2.29. The smallest absolute Gasteiger partial charge is 0.137 e. The summed E-state index contributed by atoms with van der Waals surface area (Å²) >= 11 is 6.05. The maximum absolute atomic E-state index is 6.05. The Bertz CT molecular complexity index is 362. The Kier molecular flexibility index (Phi) is 1.96. The number of halogens is 1. The highest BCUT2D eigenvalue weighted by molar-refractivity contribution is 6.30. The standard InChI is InChI=1S/C10H12ClN3/c11-10-8-5-14(7-1-2-7)4-3-9(8)12-6-13-10/h6-7H,1-5H2. The maximum atomic E-state index is 6.05. The fraction of sp³-hybridized carbons (Fsp3) is 0.600. The molecule has 2 aliphatic rings. The van der Waals surface area contributed by atoms with E-state index in [1.165, 1.54) is 12.8 Å². The molecule has 0 bridgehead atoms. The van der Waals surface area contributed by atoms with E-state index >= 15 is 0 Å². The van der Waals surface area contributed by atoms with E-state index in [0.29, 0.717) is 5.15 Å². The van der Waals surface area contributed by atoms with Gasteiger partial charge in [0.05, 0.1) is 5.69 Å². The van der Waals surface area contributed by atoms with Crippen molar-refractivity contribution in [1.29, 1.82) is 0 Å². The molecule has 0 amide bonds. The zero-order valence-corrected chi connectivity index (χ0v) is 8.67. The first-order valence-electron chi connectivity index (χ1n) is 5.07. The van der Waals surface area contributed by atoms with Crippen molar-refractivity contribution in [2.45, 2.75) is 31.8 Å². The molecular formula is C10H12ClN3. The van der Waals surface area contributed by atoms with Gasteiger partial charge in [-0.3, -0.25) is 4.90 Å². The first-order chi connectivity index (χ1) is 6.84. The highest BCUT2D eigenvalue weighted by atomic mass is 35.5. The molecule has 0 spiro atoms. The van der Waals surface area contributed by atoms with Gasteiger partial charge in [0.1, 0.15) is 11.5 Å². The fourth-order valence-electron chi connectivity index (χ4n) is 2.08. The molecule has 0 unspecified atom stereocenters. The molecule has 1 aliphatic heterocycles. The van der Waals surface area contributed by atoms with E-state index in [2.05, 4.69) is 14.9 Å². The van der Waals surface area contributed by atoms with E-state index in [1.807, 2.05) is 0 Å². The van der Waals surface area contributed by atoms with Crippen molar-refractivity contribution in [3.8, 4) is 0 Å². The van der Waals surface area contributed by atoms with E-state index < -0.39 is 0 Å². The van der Waals surface area contributed by atoms with Gasteiger partial charge in [0.2, 0.25) is 0 Å². The summed E-state index contributed by atoms with van der Waals surface area (Å²) in [6.45, 7) is 2.07. The van der Waals surface area contributed by atoms with Crippen molar-refractivity contribution >= 4 is 11.6 Å². The first kappa shape index (κ1) is 8.62. The molecule has 1 saturated carbocycles. The molecule has 1 aromatic rings. The Labute approximate surface area is 88.1 Å². The van der Waals surface area contributed by atoms with Gasteiger partial charge in [-0.1, -0.05) is 11.6 Å². The van der Waals surface area contributed by atoms with Crippen molar-refractivity contribution < 1.29 is 0 Å². The molecule has 2 heterocycles. The third-order valence-corrected chi connectivity index (χ3v) is 3.37. The number of rotatable bonds is 1. The Morgan fingerprint density at radius 3 is 3.00 bits per heavy atom. The highest BCUT2D eigenvalue weighted by Gasteiger charge is 2.32. The topological polar surface area (TPSA) is 29.0 Å². The summed E-state index contributed by atoms with van der Waals surface area (Å²) in [5, 5.41) is 0.639. The van der Waals surface area contributed by atoms with Crippen LogP contribution in [0.25, 0.3) is 0 Å². The lowest BCUT2D eigenvalue weighted by molar-refractivity contribution is 0.241. The second kappa shape index (κ2) is 3.17. The Morgan fingerprint density at radius 2 is 2.21 bits per heavy atom. The van der Waals surface area contributed by atoms with Gasteiger partial charge in [0.25, 0.3) is 0 Å². The van der Waals surface area contributed by atoms with Gasteiger partial charge < -0.3 is 0 Å². The number of aromatic nitrogens is 2. The van der Waals surface area contributed by atoms with E-state index in [9.17, 15) is 0 Å². The number of fused-ring (bicyclic) bond motifs is 1. The molecule has 0 atom stereocenters. The lowest BCUT2D eigenvalue weighted by Gasteiger charge is -2.27. The first-order valence-corrected chi connectivity index (χ1v) is 5.44. The van der Waals surface area contributed by atoms with E-state index in [0.717, 1.165) is 36.8 Å². The monoisotopic (exact) mass is 209 g/mol. The highest BCUT2D eigenvalue weighted by Crippen LogP contribution is 2.32. The number of nitrogens with zero attached hydrogens (tertiary/aromatic N) is 3. The predicted octanol–water partition coefficient (Wildman–Crippen LogP) is 1.65. The number of hydrogen-bond donors (Lipinski definition) is 0. The van der Waals surface area contributed by atoms with Crippen molar-refractivity contribution in [3.05, 3.63) is 22.7 Å². The van der Waals surface area contributed by atoms with Gasteiger partial charge in [-0.05, 0) is 12.8 Å². The van der Waals surface area contributed by atoms with Gasteiger partial charge in [0, 0.05) is 31.1 Å². The average Bonchev–Trinajstić information content (AvgIpc) is 3.01. The van der Waals surface area contributed by atoms with E-state index in [1.54, 1.807) is 6.33 Å². The minimum atomic E-state index is 0.639. The summed E-state index contributed by atoms with van der Waals surface area (Å²) in [4.78, 5) is 10.8. The van der Waals surface area contributed by atoms with Crippen LogP contribution in [-0.2, 0) is 13.0 Å². The van der Waals surface area contributed by atoms with E-state index in [-0.39, 0.29) is 0 Å². The molecule has 14 heavy (non-hydrogen) atoms. The van der Waals surface area contributed by atoms with Crippen LogP contribution < -0.4 is 0 Å². The summed E-state index contributed by atoms with van der Waals surface area (Å²) in [5.74, 6) is 0. The van der Waals surface area contributed by atoms with Gasteiger partial charge in [-0.15, -0.1) is 0 Å². The van der Waals surface area contributed by atoms with Crippen LogP contribution in [0.15, 0.2) is 6.33 Å². The van der Waals surface area contributed by atoms with Gasteiger partial charge in [-0.25, -0.2) is 9.97 Å². The predicted molar refractivity (Wildman–Crippen MR) is 54.2 cm³/mol.